The standard InChI is InChI=1S/C13H18O5S/c1-10-3-5-11(6-4-10)13(9-19(2,15)16)17-8-12(7-14)18-13/h3-6,12,14H,7-9H2,1-2H3/t12-,13+/m1/s1. The van der Waals surface area contributed by atoms with Gasteiger partial charge in [0, 0.05) is 11.8 Å². The van der Waals surface area contributed by atoms with E-state index in [4.69, 9.17) is 14.6 Å². The molecule has 1 aliphatic heterocycles. The van der Waals surface area contributed by atoms with Crippen molar-refractivity contribution in [2.24, 2.45) is 0 Å². The highest BCUT2D eigenvalue weighted by molar-refractivity contribution is 7.90. The number of hydrogen-bond acceptors (Lipinski definition) is 5. The van der Waals surface area contributed by atoms with Crippen LogP contribution in [-0.2, 0) is 25.1 Å². The molecule has 6 heteroatoms. The second-order valence-corrected chi connectivity index (χ2v) is 7.06. The minimum atomic E-state index is -3.29. The van der Waals surface area contributed by atoms with E-state index in [1.807, 2.05) is 19.1 Å². The van der Waals surface area contributed by atoms with Gasteiger partial charge in [0.2, 0.25) is 5.79 Å². The van der Waals surface area contributed by atoms with Crippen molar-refractivity contribution in [1.82, 2.24) is 0 Å². The molecule has 0 radical (unpaired) electrons. The van der Waals surface area contributed by atoms with E-state index < -0.39 is 21.7 Å². The predicted octanol–water partition coefficient (Wildman–Crippen LogP) is 0.600. The second kappa shape index (κ2) is 5.20. The number of sulfone groups is 1. The summed E-state index contributed by atoms with van der Waals surface area (Å²) in [6.07, 6.45) is 0.644. The summed E-state index contributed by atoms with van der Waals surface area (Å²) >= 11 is 0. The molecule has 1 aromatic carbocycles. The van der Waals surface area contributed by atoms with Crippen molar-refractivity contribution in [3.63, 3.8) is 0 Å². The van der Waals surface area contributed by atoms with Crippen molar-refractivity contribution in [2.75, 3.05) is 25.2 Å². The summed E-state index contributed by atoms with van der Waals surface area (Å²) in [6, 6.07) is 7.33. The van der Waals surface area contributed by atoms with E-state index in [9.17, 15) is 8.42 Å². The van der Waals surface area contributed by atoms with Gasteiger partial charge in [-0.3, -0.25) is 0 Å². The van der Waals surface area contributed by atoms with Crippen molar-refractivity contribution in [3.8, 4) is 0 Å². The fraction of sp³-hybridized carbons (Fsp3) is 0.538. The summed E-state index contributed by atoms with van der Waals surface area (Å²) in [6.45, 7) is 1.93. The molecule has 0 saturated carbocycles. The van der Waals surface area contributed by atoms with Crippen molar-refractivity contribution in [2.45, 2.75) is 18.8 Å². The minimum absolute atomic E-state index is 0.180. The van der Waals surface area contributed by atoms with Gasteiger partial charge in [-0.05, 0) is 6.92 Å². The lowest BCUT2D eigenvalue weighted by molar-refractivity contribution is -0.162. The molecule has 2 rings (SSSR count). The zero-order valence-corrected chi connectivity index (χ0v) is 11.8. The van der Waals surface area contributed by atoms with E-state index in [2.05, 4.69) is 0 Å². The lowest BCUT2D eigenvalue weighted by atomic mass is 10.1. The minimum Gasteiger partial charge on any atom is -0.394 e. The van der Waals surface area contributed by atoms with Crippen LogP contribution in [0.5, 0.6) is 0 Å². The Morgan fingerprint density at radius 3 is 2.47 bits per heavy atom. The number of ether oxygens (including phenoxy) is 2. The molecule has 19 heavy (non-hydrogen) atoms. The highest BCUT2D eigenvalue weighted by Gasteiger charge is 2.45. The Kier molecular flexibility index (Phi) is 3.96. The zero-order valence-electron chi connectivity index (χ0n) is 11.0. The average molecular weight is 286 g/mol. The van der Waals surface area contributed by atoms with Crippen molar-refractivity contribution < 1.29 is 23.0 Å². The lowest BCUT2D eigenvalue weighted by Crippen LogP contribution is -2.36. The highest BCUT2D eigenvalue weighted by Crippen LogP contribution is 2.35. The Morgan fingerprint density at radius 2 is 2.00 bits per heavy atom. The van der Waals surface area contributed by atoms with E-state index >= 15 is 0 Å². The number of hydrogen-bond donors (Lipinski definition) is 1. The molecule has 106 valence electrons. The topological polar surface area (TPSA) is 72.8 Å². The lowest BCUT2D eigenvalue weighted by Gasteiger charge is -2.27. The number of aryl methyl sites for hydroxylation is 1. The first-order chi connectivity index (χ1) is 8.85. The van der Waals surface area contributed by atoms with Crippen molar-refractivity contribution in [3.05, 3.63) is 35.4 Å². The Labute approximate surface area is 113 Å². The Bertz CT molecular complexity index is 537. The molecule has 1 heterocycles. The number of rotatable bonds is 4. The van der Waals surface area contributed by atoms with Gasteiger partial charge in [-0.15, -0.1) is 0 Å². The van der Waals surface area contributed by atoms with Crippen LogP contribution in [0.2, 0.25) is 0 Å². The number of benzene rings is 1. The van der Waals surface area contributed by atoms with Crippen molar-refractivity contribution in [1.29, 1.82) is 0 Å². The summed E-state index contributed by atoms with van der Waals surface area (Å²) < 4.78 is 34.4. The van der Waals surface area contributed by atoms with Gasteiger partial charge in [-0.1, -0.05) is 29.8 Å². The zero-order chi connectivity index (χ0) is 14.1. The first-order valence-electron chi connectivity index (χ1n) is 6.02. The van der Waals surface area contributed by atoms with Gasteiger partial charge in [0.15, 0.2) is 9.84 Å². The van der Waals surface area contributed by atoms with Gasteiger partial charge in [0.25, 0.3) is 0 Å². The van der Waals surface area contributed by atoms with E-state index in [0.717, 1.165) is 11.8 Å². The molecule has 0 spiro atoms. The van der Waals surface area contributed by atoms with Gasteiger partial charge in [-0.2, -0.15) is 0 Å². The summed E-state index contributed by atoms with van der Waals surface area (Å²) in [5, 5.41) is 9.13. The van der Waals surface area contributed by atoms with Crippen molar-refractivity contribution >= 4 is 9.84 Å². The van der Waals surface area contributed by atoms with Crippen LogP contribution in [0.3, 0.4) is 0 Å². The maximum absolute atomic E-state index is 11.6. The molecule has 1 saturated heterocycles. The maximum Gasteiger partial charge on any atom is 0.209 e. The molecular weight excluding hydrogens is 268 g/mol. The van der Waals surface area contributed by atoms with E-state index in [1.54, 1.807) is 12.1 Å². The summed E-state index contributed by atoms with van der Waals surface area (Å²) in [5.41, 5.74) is 1.72. The van der Waals surface area contributed by atoms with Crippen LogP contribution in [0, 0.1) is 6.92 Å². The van der Waals surface area contributed by atoms with Gasteiger partial charge in [-0.25, -0.2) is 8.42 Å². The largest absolute Gasteiger partial charge is 0.394 e. The third-order valence-electron chi connectivity index (χ3n) is 3.01. The Balaban J connectivity index is 2.37. The molecule has 2 atom stereocenters. The van der Waals surface area contributed by atoms with Crippen LogP contribution in [0.15, 0.2) is 24.3 Å². The third kappa shape index (κ3) is 3.33. The van der Waals surface area contributed by atoms with Gasteiger partial charge < -0.3 is 14.6 Å². The van der Waals surface area contributed by atoms with Crippen LogP contribution in [-0.4, -0.2) is 44.9 Å². The normalized spacial score (nSPS) is 27.6. The highest BCUT2D eigenvalue weighted by atomic mass is 32.2. The molecule has 1 fully saturated rings. The third-order valence-corrected chi connectivity index (χ3v) is 3.91. The quantitative estimate of drug-likeness (QED) is 0.877. The molecule has 1 aliphatic rings. The monoisotopic (exact) mass is 286 g/mol. The predicted molar refractivity (Wildman–Crippen MR) is 70.5 cm³/mol. The van der Waals surface area contributed by atoms with Gasteiger partial charge in [0.1, 0.15) is 11.9 Å². The van der Waals surface area contributed by atoms with Crippen LogP contribution in [0.25, 0.3) is 0 Å². The van der Waals surface area contributed by atoms with E-state index in [-0.39, 0.29) is 19.0 Å². The molecule has 0 amide bonds. The van der Waals surface area contributed by atoms with E-state index in [0.29, 0.717) is 5.56 Å². The molecule has 0 bridgehead atoms. The molecule has 0 unspecified atom stereocenters. The number of aliphatic hydroxyl groups excluding tert-OH is 1. The van der Waals surface area contributed by atoms with Crippen LogP contribution in [0.1, 0.15) is 11.1 Å². The first kappa shape index (κ1) is 14.5. The van der Waals surface area contributed by atoms with Gasteiger partial charge in [0.05, 0.1) is 13.2 Å². The summed E-state index contributed by atoms with van der Waals surface area (Å²) in [5.74, 6) is -1.58. The molecule has 5 nitrogen and oxygen atoms in total. The smallest absolute Gasteiger partial charge is 0.209 e. The van der Waals surface area contributed by atoms with Crippen LogP contribution < -0.4 is 0 Å². The molecule has 0 aliphatic carbocycles. The fourth-order valence-corrected chi connectivity index (χ4v) is 3.13. The Morgan fingerprint density at radius 1 is 1.37 bits per heavy atom. The second-order valence-electron chi connectivity index (χ2n) is 4.92. The van der Waals surface area contributed by atoms with Crippen LogP contribution >= 0.6 is 0 Å². The van der Waals surface area contributed by atoms with Crippen LogP contribution in [0.4, 0.5) is 0 Å². The SMILES string of the molecule is Cc1ccc([C@@]2(CS(C)(=O)=O)OC[C@@H](CO)O2)cc1. The molecule has 0 aromatic heterocycles. The summed E-state index contributed by atoms with van der Waals surface area (Å²) in [4.78, 5) is 0. The Hall–Kier alpha value is -0.950. The molecular formula is C13H18O5S. The average Bonchev–Trinajstić information content (AvgIpc) is 2.72. The summed E-state index contributed by atoms with van der Waals surface area (Å²) in [7, 11) is -3.29. The number of aliphatic hydroxyl groups is 1. The molecule has 1 aromatic rings. The van der Waals surface area contributed by atoms with E-state index in [1.165, 1.54) is 0 Å². The van der Waals surface area contributed by atoms with Gasteiger partial charge >= 0.3 is 0 Å². The molecule has 1 N–H and O–H groups in total. The maximum atomic E-state index is 11.6. The fourth-order valence-electron chi connectivity index (χ4n) is 2.12. The first-order valence-corrected chi connectivity index (χ1v) is 8.08.